The van der Waals surface area contributed by atoms with Crippen molar-refractivity contribution in [2.24, 2.45) is 0 Å². The third-order valence-electron chi connectivity index (χ3n) is 2.63. The largest absolute Gasteiger partial charge is 0.508 e. The van der Waals surface area contributed by atoms with Gasteiger partial charge in [0.2, 0.25) is 0 Å². The molecule has 0 aliphatic heterocycles. The highest BCUT2D eigenvalue weighted by Crippen LogP contribution is 2.20. The predicted octanol–water partition coefficient (Wildman–Crippen LogP) is 3.33. The van der Waals surface area contributed by atoms with Crippen LogP contribution in [-0.2, 0) is 0 Å². The van der Waals surface area contributed by atoms with Crippen LogP contribution in [0.4, 0.5) is 0 Å². The molecule has 0 amide bonds. The maximum Gasteiger partial charge on any atom is 0.116 e. The summed E-state index contributed by atoms with van der Waals surface area (Å²) in [5, 5.41) is 27.3. The molecule has 0 saturated heterocycles. The van der Waals surface area contributed by atoms with E-state index in [-0.39, 0.29) is 5.75 Å². The summed E-state index contributed by atoms with van der Waals surface area (Å²) in [7, 11) is 0. The molecule has 0 atom stereocenters. The number of nitrogens with zero attached hydrogens (tertiary/aromatic N) is 2. The van der Waals surface area contributed by atoms with Crippen LogP contribution in [0.1, 0.15) is 16.7 Å². The molecule has 1 N–H and O–H groups in total. The minimum absolute atomic E-state index is 0.158. The second-order valence-corrected chi connectivity index (χ2v) is 3.95. The Morgan fingerprint density at radius 3 is 2.37 bits per heavy atom. The lowest BCUT2D eigenvalue weighted by Gasteiger charge is -2.00. The van der Waals surface area contributed by atoms with Gasteiger partial charge in [0, 0.05) is 0 Å². The quantitative estimate of drug-likeness (QED) is 0.652. The molecule has 0 bridgehead atoms. The Morgan fingerprint density at radius 2 is 1.79 bits per heavy atom. The predicted molar refractivity (Wildman–Crippen MR) is 72.7 cm³/mol. The van der Waals surface area contributed by atoms with Gasteiger partial charge in [0.05, 0.1) is 23.3 Å². The Hall–Kier alpha value is -3.04. The van der Waals surface area contributed by atoms with Gasteiger partial charge in [0.1, 0.15) is 5.75 Å². The molecule has 0 aliphatic rings. The molecule has 0 aromatic heterocycles. The van der Waals surface area contributed by atoms with Crippen molar-refractivity contribution in [2.75, 3.05) is 0 Å². The highest BCUT2D eigenvalue weighted by molar-refractivity contribution is 5.89. The number of nitriles is 2. The zero-order chi connectivity index (χ0) is 13.7. The van der Waals surface area contributed by atoms with Gasteiger partial charge in [-0.3, -0.25) is 0 Å². The van der Waals surface area contributed by atoms with Gasteiger partial charge < -0.3 is 5.11 Å². The van der Waals surface area contributed by atoms with E-state index in [1.165, 1.54) is 0 Å². The standard InChI is InChI=1S/C16H10N2O/c17-10-12-4-6-14(7-5-12)15(11-18)8-13-2-1-3-16(19)9-13/h1-9,19H/b15-8-. The van der Waals surface area contributed by atoms with Gasteiger partial charge in [-0.1, -0.05) is 24.3 Å². The molecule has 0 saturated carbocycles. The van der Waals surface area contributed by atoms with Crippen molar-refractivity contribution < 1.29 is 5.11 Å². The molecule has 0 radical (unpaired) electrons. The molecule has 19 heavy (non-hydrogen) atoms. The number of phenolic OH excluding ortho intramolecular Hbond substituents is 1. The number of rotatable bonds is 2. The summed E-state index contributed by atoms with van der Waals surface area (Å²) in [6.07, 6.45) is 1.70. The molecule has 3 heteroatoms. The molecule has 0 unspecified atom stereocenters. The first-order valence-electron chi connectivity index (χ1n) is 5.64. The van der Waals surface area contributed by atoms with E-state index >= 15 is 0 Å². The van der Waals surface area contributed by atoms with Crippen LogP contribution in [0.3, 0.4) is 0 Å². The molecule has 0 fully saturated rings. The van der Waals surface area contributed by atoms with Crippen LogP contribution < -0.4 is 0 Å². The lowest BCUT2D eigenvalue weighted by Crippen LogP contribution is -1.83. The highest BCUT2D eigenvalue weighted by atomic mass is 16.3. The van der Waals surface area contributed by atoms with Crippen molar-refractivity contribution in [3.63, 3.8) is 0 Å². The zero-order valence-electron chi connectivity index (χ0n) is 10.0. The van der Waals surface area contributed by atoms with Crippen molar-refractivity contribution in [1.82, 2.24) is 0 Å². The van der Waals surface area contributed by atoms with E-state index in [2.05, 4.69) is 6.07 Å². The fourth-order valence-corrected chi connectivity index (χ4v) is 1.69. The first kappa shape index (κ1) is 12.4. The SMILES string of the molecule is N#C/C(=C/c1cccc(O)c1)c1ccc(C#N)cc1. The van der Waals surface area contributed by atoms with E-state index in [0.717, 1.165) is 11.1 Å². The first-order valence-corrected chi connectivity index (χ1v) is 5.64. The molecule has 2 rings (SSSR count). The summed E-state index contributed by atoms with van der Waals surface area (Å²) in [6.45, 7) is 0. The summed E-state index contributed by atoms with van der Waals surface area (Å²) < 4.78 is 0. The van der Waals surface area contributed by atoms with Gasteiger partial charge in [-0.2, -0.15) is 10.5 Å². The summed E-state index contributed by atoms with van der Waals surface area (Å²) >= 11 is 0. The van der Waals surface area contributed by atoms with Gasteiger partial charge in [0.15, 0.2) is 0 Å². The second kappa shape index (κ2) is 5.53. The number of phenols is 1. The molecular weight excluding hydrogens is 236 g/mol. The Balaban J connectivity index is 2.40. The molecule has 3 nitrogen and oxygen atoms in total. The smallest absolute Gasteiger partial charge is 0.116 e. The van der Waals surface area contributed by atoms with Gasteiger partial charge >= 0.3 is 0 Å². The van der Waals surface area contributed by atoms with Crippen LogP contribution >= 0.6 is 0 Å². The van der Waals surface area contributed by atoms with Crippen molar-refractivity contribution in [3.8, 4) is 17.9 Å². The molecule has 0 aliphatic carbocycles. The molecule has 0 heterocycles. The maximum absolute atomic E-state index is 9.39. The minimum Gasteiger partial charge on any atom is -0.508 e. The van der Waals surface area contributed by atoms with E-state index in [1.807, 2.05) is 6.07 Å². The number of aromatic hydroxyl groups is 1. The summed E-state index contributed by atoms with van der Waals surface area (Å²) in [5.74, 6) is 0.158. The summed E-state index contributed by atoms with van der Waals surface area (Å²) in [4.78, 5) is 0. The first-order chi connectivity index (χ1) is 9.22. The molecule has 2 aromatic carbocycles. The van der Waals surface area contributed by atoms with Crippen molar-refractivity contribution >= 4 is 11.6 Å². The van der Waals surface area contributed by atoms with Crippen molar-refractivity contribution in [2.45, 2.75) is 0 Å². The van der Waals surface area contributed by atoms with Gasteiger partial charge in [-0.05, 0) is 41.5 Å². The average molecular weight is 246 g/mol. The highest BCUT2D eigenvalue weighted by Gasteiger charge is 2.01. The number of benzene rings is 2. The van der Waals surface area contributed by atoms with Crippen molar-refractivity contribution in [1.29, 1.82) is 10.5 Å². The summed E-state index contributed by atoms with van der Waals surface area (Å²) in [5.41, 5.74) is 2.53. The Labute approximate surface area is 111 Å². The normalized spacial score (nSPS) is 10.5. The van der Waals surface area contributed by atoms with Crippen molar-refractivity contribution in [3.05, 3.63) is 65.2 Å². The second-order valence-electron chi connectivity index (χ2n) is 3.95. The molecular formula is C16H10N2O. The minimum atomic E-state index is 0.158. The summed E-state index contributed by atoms with van der Waals surface area (Å²) in [6, 6.07) is 17.6. The number of hydrogen-bond acceptors (Lipinski definition) is 3. The average Bonchev–Trinajstić information content (AvgIpc) is 2.45. The monoisotopic (exact) mass is 246 g/mol. The fraction of sp³-hybridized carbons (Fsp3) is 0. The fourth-order valence-electron chi connectivity index (χ4n) is 1.69. The topological polar surface area (TPSA) is 67.8 Å². The third kappa shape index (κ3) is 3.00. The van der Waals surface area contributed by atoms with E-state index in [4.69, 9.17) is 5.26 Å². The Morgan fingerprint density at radius 1 is 1.05 bits per heavy atom. The van der Waals surface area contributed by atoms with Crippen LogP contribution in [0, 0.1) is 22.7 Å². The molecule has 2 aromatic rings. The van der Waals surface area contributed by atoms with Gasteiger partial charge in [0.25, 0.3) is 0 Å². The van der Waals surface area contributed by atoms with E-state index in [0.29, 0.717) is 11.1 Å². The van der Waals surface area contributed by atoms with Crippen LogP contribution in [0.2, 0.25) is 0 Å². The van der Waals surface area contributed by atoms with Crippen LogP contribution in [0.25, 0.3) is 11.6 Å². The van der Waals surface area contributed by atoms with Gasteiger partial charge in [-0.25, -0.2) is 0 Å². The lowest BCUT2D eigenvalue weighted by atomic mass is 10.0. The lowest BCUT2D eigenvalue weighted by molar-refractivity contribution is 0.475. The van der Waals surface area contributed by atoms with E-state index in [1.54, 1.807) is 54.6 Å². The van der Waals surface area contributed by atoms with Crippen LogP contribution in [0.15, 0.2) is 48.5 Å². The Bertz CT molecular complexity index is 701. The third-order valence-corrected chi connectivity index (χ3v) is 2.63. The van der Waals surface area contributed by atoms with E-state index in [9.17, 15) is 10.4 Å². The number of hydrogen-bond donors (Lipinski definition) is 1. The number of allylic oxidation sites excluding steroid dienone is 1. The maximum atomic E-state index is 9.39. The van der Waals surface area contributed by atoms with Crippen LogP contribution in [-0.4, -0.2) is 5.11 Å². The van der Waals surface area contributed by atoms with Crippen LogP contribution in [0.5, 0.6) is 5.75 Å². The molecule has 0 spiro atoms. The zero-order valence-corrected chi connectivity index (χ0v) is 10.0. The van der Waals surface area contributed by atoms with Gasteiger partial charge in [-0.15, -0.1) is 0 Å². The Kier molecular flexibility index (Phi) is 3.61. The molecule has 90 valence electrons. The van der Waals surface area contributed by atoms with E-state index < -0.39 is 0 Å².